The number of carbonyl (C=O) groups excluding carboxylic acids is 1. The normalized spacial score (nSPS) is 17.1. The monoisotopic (exact) mass is 472 g/mol. The number of piperazine rings is 1. The van der Waals surface area contributed by atoms with Gasteiger partial charge in [-0.25, -0.2) is 8.42 Å². The molecule has 0 atom stereocenters. The number of amides is 1. The molecule has 0 N–H and O–H groups in total. The molecule has 1 saturated heterocycles. The van der Waals surface area contributed by atoms with Crippen LogP contribution in [0.2, 0.25) is 0 Å². The second-order valence-electron chi connectivity index (χ2n) is 7.97. The number of ether oxygens (including phenoxy) is 2. The quantitative estimate of drug-likeness (QED) is 0.641. The van der Waals surface area contributed by atoms with E-state index in [0.29, 0.717) is 24.4 Å². The van der Waals surface area contributed by atoms with E-state index in [1.165, 1.54) is 24.6 Å². The Balaban J connectivity index is 1.43. The van der Waals surface area contributed by atoms with Crippen LogP contribution >= 0.6 is 0 Å². The van der Waals surface area contributed by atoms with Crippen molar-refractivity contribution in [3.8, 4) is 11.5 Å². The van der Waals surface area contributed by atoms with Crippen molar-refractivity contribution in [1.29, 1.82) is 0 Å². The minimum Gasteiger partial charge on any atom is -0.497 e. The summed E-state index contributed by atoms with van der Waals surface area (Å²) in [7, 11) is -0.887. The second-order valence-corrected chi connectivity index (χ2v) is 9.87. The highest BCUT2D eigenvalue weighted by Gasteiger charge is 2.32. The van der Waals surface area contributed by atoms with Gasteiger partial charge in [0.15, 0.2) is 0 Å². The lowest BCUT2D eigenvalue weighted by Crippen LogP contribution is -2.50. The van der Waals surface area contributed by atoms with Crippen molar-refractivity contribution < 1.29 is 22.7 Å². The van der Waals surface area contributed by atoms with Gasteiger partial charge in [-0.3, -0.25) is 9.80 Å². The molecule has 0 unspecified atom stereocenters. The predicted octanol–water partition coefficient (Wildman–Crippen LogP) is 2.44. The highest BCUT2D eigenvalue weighted by atomic mass is 32.2. The molecular formula is C23H28N4O5S. The third-order valence-corrected chi connectivity index (χ3v) is 7.82. The van der Waals surface area contributed by atoms with Crippen LogP contribution in [0.5, 0.6) is 11.5 Å². The van der Waals surface area contributed by atoms with Gasteiger partial charge in [-0.15, -0.1) is 0 Å². The standard InChI is InChI=1S/C23H28N4O5S/c1-17-10-11-27(24-17)19-6-4-18(5-7-19)23(28)25-12-14-26(15-13-25)33(29,30)22-16-20(31-2)8-9-21(22)32-3/h4-9,16H,10-15H2,1-3H3. The fourth-order valence-electron chi connectivity index (χ4n) is 3.98. The summed E-state index contributed by atoms with van der Waals surface area (Å²) in [5, 5.41) is 6.41. The van der Waals surface area contributed by atoms with Gasteiger partial charge in [0.05, 0.1) is 19.9 Å². The molecule has 2 aliphatic heterocycles. The Kier molecular flexibility index (Phi) is 6.57. The molecule has 0 aromatic heterocycles. The topological polar surface area (TPSA) is 91.8 Å². The zero-order valence-electron chi connectivity index (χ0n) is 19.0. The van der Waals surface area contributed by atoms with Crippen molar-refractivity contribution in [2.75, 3.05) is 52.0 Å². The average Bonchev–Trinajstić information content (AvgIpc) is 3.29. The van der Waals surface area contributed by atoms with Crippen LogP contribution in [-0.2, 0) is 10.0 Å². The first-order valence-corrected chi connectivity index (χ1v) is 12.2. The molecule has 0 bridgehead atoms. The SMILES string of the molecule is COc1ccc(OC)c(S(=O)(=O)N2CCN(C(=O)c3ccc(N4CCC(C)=N4)cc3)CC2)c1. The molecule has 2 aromatic rings. The average molecular weight is 473 g/mol. The Morgan fingerprint density at radius 2 is 1.64 bits per heavy atom. The van der Waals surface area contributed by atoms with E-state index in [0.717, 1.165) is 24.4 Å². The molecule has 4 rings (SSSR count). The van der Waals surface area contributed by atoms with Crippen molar-refractivity contribution in [3.63, 3.8) is 0 Å². The summed E-state index contributed by atoms with van der Waals surface area (Å²) in [6.07, 6.45) is 0.940. The number of nitrogens with zero attached hydrogens (tertiary/aromatic N) is 4. The molecule has 2 heterocycles. The first-order chi connectivity index (χ1) is 15.8. The Hall–Kier alpha value is -3.11. The van der Waals surface area contributed by atoms with Crippen LogP contribution in [-0.4, -0.2) is 76.2 Å². The molecule has 0 spiro atoms. The highest BCUT2D eigenvalue weighted by molar-refractivity contribution is 7.89. The fraction of sp³-hybridized carbons (Fsp3) is 0.391. The number of hydrazone groups is 1. The Bertz CT molecular complexity index is 1160. The van der Waals surface area contributed by atoms with Crippen LogP contribution in [0, 0.1) is 0 Å². The molecule has 0 saturated carbocycles. The first-order valence-electron chi connectivity index (χ1n) is 10.8. The fourth-order valence-corrected chi connectivity index (χ4v) is 5.57. The van der Waals surface area contributed by atoms with Gasteiger partial charge in [-0.2, -0.15) is 9.41 Å². The van der Waals surface area contributed by atoms with Gasteiger partial charge in [0.25, 0.3) is 5.91 Å². The molecule has 0 radical (unpaired) electrons. The van der Waals surface area contributed by atoms with Crippen LogP contribution in [0.4, 0.5) is 5.69 Å². The number of methoxy groups -OCH3 is 2. The maximum Gasteiger partial charge on any atom is 0.253 e. The number of sulfonamides is 1. The molecule has 1 amide bonds. The number of anilines is 1. The van der Waals surface area contributed by atoms with E-state index in [1.807, 2.05) is 24.1 Å². The summed E-state index contributed by atoms with van der Waals surface area (Å²) < 4.78 is 38.3. The van der Waals surface area contributed by atoms with Gasteiger partial charge >= 0.3 is 0 Å². The molecule has 2 aliphatic rings. The molecule has 176 valence electrons. The van der Waals surface area contributed by atoms with Crippen molar-refractivity contribution in [1.82, 2.24) is 9.21 Å². The molecule has 0 aliphatic carbocycles. The maximum absolute atomic E-state index is 13.2. The maximum atomic E-state index is 13.2. The van der Waals surface area contributed by atoms with E-state index in [1.54, 1.807) is 29.2 Å². The third-order valence-electron chi connectivity index (χ3n) is 5.90. The van der Waals surface area contributed by atoms with Gasteiger partial charge in [0, 0.05) is 56.5 Å². The molecule has 2 aromatic carbocycles. The van der Waals surface area contributed by atoms with Crippen molar-refractivity contribution in [2.24, 2.45) is 5.10 Å². The molecule has 33 heavy (non-hydrogen) atoms. The first kappa shape index (κ1) is 23.1. The van der Waals surface area contributed by atoms with Crippen LogP contribution in [0.15, 0.2) is 52.5 Å². The van der Waals surface area contributed by atoms with Gasteiger partial charge in [-0.1, -0.05) is 0 Å². The summed E-state index contributed by atoms with van der Waals surface area (Å²) in [4.78, 5) is 14.7. The van der Waals surface area contributed by atoms with Crippen LogP contribution in [0.1, 0.15) is 23.7 Å². The zero-order valence-corrected chi connectivity index (χ0v) is 19.8. The molecular weight excluding hydrogens is 444 g/mol. The largest absolute Gasteiger partial charge is 0.497 e. The van der Waals surface area contributed by atoms with Crippen molar-refractivity contribution >= 4 is 27.3 Å². The van der Waals surface area contributed by atoms with E-state index >= 15 is 0 Å². The summed E-state index contributed by atoms with van der Waals surface area (Å²) >= 11 is 0. The van der Waals surface area contributed by atoms with Gasteiger partial charge in [0.1, 0.15) is 16.4 Å². The van der Waals surface area contributed by atoms with Gasteiger partial charge in [0.2, 0.25) is 10.0 Å². The van der Waals surface area contributed by atoms with Crippen LogP contribution in [0.3, 0.4) is 0 Å². The summed E-state index contributed by atoms with van der Waals surface area (Å²) in [5.74, 6) is 0.576. The number of hydrogen-bond acceptors (Lipinski definition) is 7. The van der Waals surface area contributed by atoms with Crippen LogP contribution < -0.4 is 14.5 Å². The molecule has 1 fully saturated rings. The Labute approximate surface area is 194 Å². The summed E-state index contributed by atoms with van der Waals surface area (Å²) in [6.45, 7) is 3.86. The number of rotatable bonds is 6. The van der Waals surface area contributed by atoms with Crippen LogP contribution in [0.25, 0.3) is 0 Å². The Morgan fingerprint density at radius 3 is 2.21 bits per heavy atom. The lowest BCUT2D eigenvalue weighted by molar-refractivity contribution is 0.0698. The Morgan fingerprint density at radius 1 is 0.939 bits per heavy atom. The lowest BCUT2D eigenvalue weighted by atomic mass is 10.1. The molecule has 9 nitrogen and oxygen atoms in total. The van der Waals surface area contributed by atoms with E-state index in [4.69, 9.17) is 9.47 Å². The number of hydrogen-bond donors (Lipinski definition) is 0. The predicted molar refractivity (Wildman–Crippen MR) is 126 cm³/mol. The second kappa shape index (κ2) is 9.40. The number of carbonyl (C=O) groups is 1. The van der Waals surface area contributed by atoms with E-state index < -0.39 is 10.0 Å². The summed E-state index contributed by atoms with van der Waals surface area (Å²) in [5.41, 5.74) is 2.62. The molecule has 10 heteroatoms. The highest BCUT2D eigenvalue weighted by Crippen LogP contribution is 2.31. The minimum absolute atomic E-state index is 0.0551. The zero-order chi connectivity index (χ0) is 23.6. The van der Waals surface area contributed by atoms with Crippen molar-refractivity contribution in [3.05, 3.63) is 48.0 Å². The van der Waals surface area contributed by atoms with E-state index in [9.17, 15) is 13.2 Å². The van der Waals surface area contributed by atoms with E-state index in [-0.39, 0.29) is 29.6 Å². The van der Waals surface area contributed by atoms with Crippen molar-refractivity contribution in [2.45, 2.75) is 18.2 Å². The number of benzene rings is 2. The van der Waals surface area contributed by atoms with E-state index in [2.05, 4.69) is 5.10 Å². The third kappa shape index (κ3) is 4.67. The minimum atomic E-state index is -3.80. The lowest BCUT2D eigenvalue weighted by Gasteiger charge is -2.34. The smallest absolute Gasteiger partial charge is 0.253 e. The summed E-state index contributed by atoms with van der Waals surface area (Å²) in [6, 6.07) is 12.1. The van der Waals surface area contributed by atoms with Gasteiger partial charge < -0.3 is 14.4 Å². The van der Waals surface area contributed by atoms with Gasteiger partial charge in [-0.05, 0) is 43.3 Å².